The van der Waals surface area contributed by atoms with E-state index in [1.165, 1.54) is 6.92 Å². The van der Waals surface area contributed by atoms with E-state index >= 15 is 0 Å². The molecule has 4 nitrogen and oxygen atoms in total. The molecule has 0 heterocycles. The van der Waals surface area contributed by atoms with Gasteiger partial charge in [0.2, 0.25) is 0 Å². The van der Waals surface area contributed by atoms with E-state index in [9.17, 15) is 9.59 Å². The van der Waals surface area contributed by atoms with Crippen molar-refractivity contribution in [3.05, 3.63) is 35.4 Å². The number of benzene rings is 1. The van der Waals surface area contributed by atoms with Gasteiger partial charge < -0.3 is 10.4 Å². The van der Waals surface area contributed by atoms with Crippen LogP contribution in [0.5, 0.6) is 0 Å². The molecule has 0 fully saturated rings. The van der Waals surface area contributed by atoms with Crippen LogP contribution < -0.4 is 5.32 Å². The van der Waals surface area contributed by atoms with Gasteiger partial charge >= 0.3 is 0 Å². The summed E-state index contributed by atoms with van der Waals surface area (Å²) in [4.78, 5) is 22.9. The zero-order valence-electron chi connectivity index (χ0n) is 10.3. The molecule has 2 N–H and O–H groups in total. The van der Waals surface area contributed by atoms with Crippen molar-refractivity contribution in [2.75, 3.05) is 6.61 Å². The number of nitrogens with one attached hydrogen (secondary N) is 1. The minimum atomic E-state index is -0.656. The van der Waals surface area contributed by atoms with Crippen molar-refractivity contribution in [2.24, 2.45) is 0 Å². The number of carbonyl (C=O) groups excluding carboxylic acids is 2. The molecule has 4 heteroatoms. The summed E-state index contributed by atoms with van der Waals surface area (Å²) in [5, 5.41) is 11.7. The summed E-state index contributed by atoms with van der Waals surface area (Å²) in [5.41, 5.74) is 0.385. The predicted molar refractivity (Wildman–Crippen MR) is 65.1 cm³/mol. The highest BCUT2D eigenvalue weighted by molar-refractivity contribution is 5.97. The highest BCUT2D eigenvalue weighted by Crippen LogP contribution is 2.07. The molecule has 0 aliphatic carbocycles. The number of hydrogen-bond acceptors (Lipinski definition) is 3. The van der Waals surface area contributed by atoms with Gasteiger partial charge in [-0.2, -0.15) is 0 Å². The van der Waals surface area contributed by atoms with Gasteiger partial charge in [0.15, 0.2) is 5.78 Å². The van der Waals surface area contributed by atoms with E-state index in [0.717, 1.165) is 0 Å². The Morgan fingerprint density at radius 2 is 1.65 bits per heavy atom. The number of aliphatic hydroxyl groups excluding tert-OH is 1. The van der Waals surface area contributed by atoms with Crippen LogP contribution in [-0.2, 0) is 0 Å². The van der Waals surface area contributed by atoms with Crippen LogP contribution in [0, 0.1) is 0 Å². The maximum Gasteiger partial charge on any atom is 0.251 e. The minimum Gasteiger partial charge on any atom is -0.394 e. The van der Waals surface area contributed by atoms with Gasteiger partial charge in [-0.1, -0.05) is 12.1 Å². The third kappa shape index (κ3) is 3.67. The molecule has 17 heavy (non-hydrogen) atoms. The molecule has 0 aromatic heterocycles. The number of Topliss-reactive ketones (excluding diaryl/α,β-unsaturated/α-hetero) is 1. The number of ketones is 1. The van der Waals surface area contributed by atoms with Crippen molar-refractivity contribution >= 4 is 11.7 Å². The summed E-state index contributed by atoms with van der Waals surface area (Å²) in [6.07, 6.45) is 0. The summed E-state index contributed by atoms with van der Waals surface area (Å²) in [5.74, 6) is -0.299. The third-order valence-electron chi connectivity index (χ3n) is 2.40. The second kappa shape index (κ2) is 5.10. The summed E-state index contributed by atoms with van der Waals surface area (Å²) >= 11 is 0. The zero-order chi connectivity index (χ0) is 13.1. The van der Waals surface area contributed by atoms with E-state index in [1.54, 1.807) is 38.1 Å². The summed E-state index contributed by atoms with van der Waals surface area (Å²) in [6, 6.07) is 6.42. The van der Waals surface area contributed by atoms with Crippen molar-refractivity contribution in [1.29, 1.82) is 0 Å². The average Bonchev–Trinajstić information content (AvgIpc) is 2.28. The lowest BCUT2D eigenvalue weighted by atomic mass is 10.0. The van der Waals surface area contributed by atoms with Crippen molar-refractivity contribution in [2.45, 2.75) is 26.3 Å². The maximum atomic E-state index is 11.8. The fraction of sp³-hybridized carbons (Fsp3) is 0.385. The highest BCUT2D eigenvalue weighted by atomic mass is 16.3. The lowest BCUT2D eigenvalue weighted by Gasteiger charge is -2.23. The monoisotopic (exact) mass is 235 g/mol. The van der Waals surface area contributed by atoms with Crippen LogP contribution in [0.4, 0.5) is 0 Å². The Kier molecular flexibility index (Phi) is 4.02. The second-order valence-electron chi connectivity index (χ2n) is 4.63. The molecule has 0 radical (unpaired) electrons. The van der Waals surface area contributed by atoms with Crippen LogP contribution in [0.25, 0.3) is 0 Å². The minimum absolute atomic E-state index is 0.0346. The molecular weight excluding hydrogens is 218 g/mol. The van der Waals surface area contributed by atoms with Gasteiger partial charge in [0.25, 0.3) is 5.91 Å². The number of rotatable bonds is 4. The normalized spacial score (nSPS) is 11.1. The molecule has 0 aliphatic heterocycles. The summed E-state index contributed by atoms with van der Waals surface area (Å²) in [6.45, 7) is 4.80. The van der Waals surface area contributed by atoms with Crippen LogP contribution in [0.1, 0.15) is 41.5 Å². The Morgan fingerprint density at radius 1 is 1.18 bits per heavy atom. The van der Waals surface area contributed by atoms with Crippen LogP contribution in [0.15, 0.2) is 24.3 Å². The number of carbonyl (C=O) groups is 2. The molecule has 0 spiro atoms. The van der Waals surface area contributed by atoms with Gasteiger partial charge in [-0.15, -0.1) is 0 Å². The largest absolute Gasteiger partial charge is 0.394 e. The molecule has 1 rings (SSSR count). The van der Waals surface area contributed by atoms with Gasteiger partial charge in [-0.25, -0.2) is 0 Å². The van der Waals surface area contributed by atoms with E-state index in [-0.39, 0.29) is 18.3 Å². The van der Waals surface area contributed by atoms with Gasteiger partial charge in [-0.3, -0.25) is 9.59 Å². The molecule has 0 bridgehead atoms. The van der Waals surface area contributed by atoms with E-state index < -0.39 is 5.54 Å². The Labute approximate surface area is 101 Å². The summed E-state index contributed by atoms with van der Waals surface area (Å²) in [7, 11) is 0. The first-order chi connectivity index (χ1) is 7.85. The van der Waals surface area contributed by atoms with Crippen LogP contribution in [-0.4, -0.2) is 28.9 Å². The first-order valence-electron chi connectivity index (χ1n) is 5.40. The molecule has 1 aromatic rings. The lowest BCUT2D eigenvalue weighted by molar-refractivity contribution is 0.0868. The molecule has 92 valence electrons. The first-order valence-corrected chi connectivity index (χ1v) is 5.40. The fourth-order valence-corrected chi connectivity index (χ4v) is 1.28. The van der Waals surface area contributed by atoms with E-state index in [0.29, 0.717) is 11.1 Å². The van der Waals surface area contributed by atoms with Crippen molar-refractivity contribution < 1.29 is 14.7 Å². The second-order valence-corrected chi connectivity index (χ2v) is 4.63. The molecule has 0 atom stereocenters. The van der Waals surface area contributed by atoms with Gasteiger partial charge in [0, 0.05) is 11.1 Å². The van der Waals surface area contributed by atoms with Crippen LogP contribution >= 0.6 is 0 Å². The Morgan fingerprint density at radius 3 is 2.06 bits per heavy atom. The Bertz CT molecular complexity index is 421. The van der Waals surface area contributed by atoms with Crippen molar-refractivity contribution in [3.8, 4) is 0 Å². The van der Waals surface area contributed by atoms with E-state index in [4.69, 9.17) is 5.11 Å². The quantitative estimate of drug-likeness (QED) is 0.775. The Balaban J connectivity index is 2.80. The topological polar surface area (TPSA) is 66.4 Å². The smallest absolute Gasteiger partial charge is 0.251 e. The van der Waals surface area contributed by atoms with Crippen LogP contribution in [0.2, 0.25) is 0 Å². The zero-order valence-corrected chi connectivity index (χ0v) is 10.3. The van der Waals surface area contributed by atoms with Crippen LogP contribution in [0.3, 0.4) is 0 Å². The number of amides is 1. The molecule has 0 saturated carbocycles. The van der Waals surface area contributed by atoms with Crippen molar-refractivity contribution in [1.82, 2.24) is 5.32 Å². The average molecular weight is 235 g/mol. The molecule has 1 amide bonds. The summed E-state index contributed by atoms with van der Waals surface area (Å²) < 4.78 is 0. The lowest BCUT2D eigenvalue weighted by Crippen LogP contribution is -2.46. The third-order valence-corrected chi connectivity index (χ3v) is 2.40. The van der Waals surface area contributed by atoms with Crippen molar-refractivity contribution in [3.63, 3.8) is 0 Å². The highest BCUT2D eigenvalue weighted by Gasteiger charge is 2.19. The number of aliphatic hydroxyl groups is 1. The van der Waals surface area contributed by atoms with Gasteiger partial charge in [0.05, 0.1) is 12.1 Å². The molecule has 1 aromatic carbocycles. The Hall–Kier alpha value is -1.68. The molecule has 0 aliphatic rings. The van der Waals surface area contributed by atoms with E-state index in [1.807, 2.05) is 0 Å². The molecule has 0 unspecified atom stereocenters. The first kappa shape index (κ1) is 13.4. The maximum absolute atomic E-state index is 11.8. The predicted octanol–water partition coefficient (Wildman–Crippen LogP) is 1.39. The number of hydrogen-bond donors (Lipinski definition) is 2. The van der Waals surface area contributed by atoms with E-state index in [2.05, 4.69) is 5.32 Å². The fourth-order valence-electron chi connectivity index (χ4n) is 1.28. The molecule has 0 saturated heterocycles. The standard InChI is InChI=1S/C13H17NO3/c1-9(16)10-4-6-11(7-5-10)12(17)14-13(2,3)8-15/h4-7,15H,8H2,1-3H3,(H,14,17). The molecular formula is C13H17NO3. The van der Waals surface area contributed by atoms with Gasteiger partial charge in [0.1, 0.15) is 0 Å². The van der Waals surface area contributed by atoms with Gasteiger partial charge in [-0.05, 0) is 32.9 Å². The SMILES string of the molecule is CC(=O)c1ccc(C(=O)NC(C)(C)CO)cc1.